The van der Waals surface area contributed by atoms with Gasteiger partial charge in [0.25, 0.3) is 0 Å². The maximum Gasteiger partial charge on any atom is 0.0547 e. The molecule has 12 aromatic carbocycles. The molecule has 70 heavy (non-hydrogen) atoms. The maximum absolute atomic E-state index is 2.48. The van der Waals surface area contributed by atoms with Gasteiger partial charge in [-0.1, -0.05) is 212 Å². The van der Waals surface area contributed by atoms with Gasteiger partial charge in [-0.25, -0.2) is 0 Å². The summed E-state index contributed by atoms with van der Waals surface area (Å²) >= 11 is 0. The monoisotopic (exact) mass is 890 g/mol. The largest absolute Gasteiger partial charge is 0.310 e. The summed E-state index contributed by atoms with van der Waals surface area (Å²) in [4.78, 5) is 2.39. The highest BCUT2D eigenvalue weighted by atomic mass is 15.1. The van der Waals surface area contributed by atoms with Gasteiger partial charge in [0.05, 0.1) is 16.7 Å². The van der Waals surface area contributed by atoms with Crippen LogP contribution >= 0.6 is 0 Å². The van der Waals surface area contributed by atoms with E-state index in [4.69, 9.17) is 0 Å². The fourth-order valence-corrected chi connectivity index (χ4v) is 10.6. The Kier molecular flexibility index (Phi) is 10.2. The summed E-state index contributed by atoms with van der Waals surface area (Å²) in [5.74, 6) is 0. The molecule has 0 aliphatic heterocycles. The predicted molar refractivity (Wildman–Crippen MR) is 298 cm³/mol. The highest BCUT2D eigenvalue weighted by molar-refractivity contribution is 6.21. The van der Waals surface area contributed by atoms with Crippen LogP contribution in [0.3, 0.4) is 0 Å². The number of para-hydroxylation sites is 1. The van der Waals surface area contributed by atoms with E-state index in [9.17, 15) is 0 Å². The van der Waals surface area contributed by atoms with Crippen LogP contribution in [0.1, 0.15) is 0 Å². The number of nitrogens with zero attached hydrogens (tertiary/aromatic N) is 2. The Hall–Kier alpha value is -9.24. The second-order valence-corrected chi connectivity index (χ2v) is 18.1. The average molecular weight is 891 g/mol. The molecule has 0 saturated carbocycles. The van der Waals surface area contributed by atoms with Crippen LogP contribution in [0, 0.1) is 0 Å². The third-order valence-electron chi connectivity index (χ3n) is 14.0. The lowest BCUT2D eigenvalue weighted by molar-refractivity contribution is 1.18. The number of hydrogen-bond acceptors (Lipinski definition) is 1. The predicted octanol–water partition coefficient (Wildman–Crippen LogP) is 18.9. The Morgan fingerprint density at radius 3 is 1.51 bits per heavy atom. The third-order valence-corrected chi connectivity index (χ3v) is 14.0. The first-order valence-electron chi connectivity index (χ1n) is 24.1. The fourth-order valence-electron chi connectivity index (χ4n) is 10.6. The molecule has 0 aliphatic carbocycles. The van der Waals surface area contributed by atoms with Gasteiger partial charge in [-0.2, -0.15) is 0 Å². The van der Waals surface area contributed by atoms with Gasteiger partial charge in [0.2, 0.25) is 0 Å². The summed E-state index contributed by atoms with van der Waals surface area (Å²) in [7, 11) is 0. The van der Waals surface area contributed by atoms with Crippen LogP contribution in [0.2, 0.25) is 0 Å². The van der Waals surface area contributed by atoms with Crippen LogP contribution in [0.15, 0.2) is 279 Å². The molecule has 0 bridgehead atoms. The first-order chi connectivity index (χ1) is 34.7. The van der Waals surface area contributed by atoms with Gasteiger partial charge in [-0.3, -0.25) is 0 Å². The quantitative estimate of drug-likeness (QED) is 0.140. The van der Waals surface area contributed by atoms with Gasteiger partial charge >= 0.3 is 0 Å². The molecular formula is C68H46N2. The van der Waals surface area contributed by atoms with Crippen molar-refractivity contribution < 1.29 is 0 Å². The van der Waals surface area contributed by atoms with Crippen molar-refractivity contribution in [1.29, 1.82) is 0 Å². The Balaban J connectivity index is 0.964. The van der Waals surface area contributed by atoms with Gasteiger partial charge < -0.3 is 9.47 Å². The normalized spacial score (nSPS) is 11.4. The molecule has 0 spiro atoms. The zero-order valence-corrected chi connectivity index (χ0v) is 38.5. The minimum absolute atomic E-state index is 1.07. The smallest absolute Gasteiger partial charge is 0.0547 e. The molecule has 13 rings (SSSR count). The lowest BCUT2D eigenvalue weighted by Crippen LogP contribution is -2.10. The molecule has 1 aromatic heterocycles. The van der Waals surface area contributed by atoms with Crippen molar-refractivity contribution in [3.63, 3.8) is 0 Å². The van der Waals surface area contributed by atoms with Crippen LogP contribution in [0.25, 0.3) is 105 Å². The summed E-state index contributed by atoms with van der Waals surface area (Å²) in [6, 6.07) is 102. The lowest BCUT2D eigenvalue weighted by atomic mass is 9.92. The van der Waals surface area contributed by atoms with Crippen molar-refractivity contribution in [2.75, 3.05) is 4.90 Å². The van der Waals surface area contributed by atoms with E-state index >= 15 is 0 Å². The van der Waals surface area contributed by atoms with Crippen molar-refractivity contribution >= 4 is 60.4 Å². The Morgan fingerprint density at radius 1 is 0.257 bits per heavy atom. The molecule has 0 aliphatic rings. The molecular weight excluding hydrogens is 845 g/mol. The number of aromatic nitrogens is 1. The second kappa shape index (κ2) is 17.4. The Labute approximate surface area is 408 Å². The second-order valence-electron chi connectivity index (χ2n) is 18.1. The molecule has 2 nitrogen and oxygen atoms in total. The van der Waals surface area contributed by atoms with Gasteiger partial charge in [0, 0.05) is 33.4 Å². The zero-order chi connectivity index (χ0) is 46.4. The van der Waals surface area contributed by atoms with E-state index in [0.717, 1.165) is 28.3 Å². The summed E-state index contributed by atoms with van der Waals surface area (Å²) < 4.78 is 2.48. The summed E-state index contributed by atoms with van der Waals surface area (Å²) in [5.41, 5.74) is 18.6. The Morgan fingerprint density at radius 2 is 0.771 bits per heavy atom. The van der Waals surface area contributed by atoms with E-state index in [1.54, 1.807) is 0 Å². The van der Waals surface area contributed by atoms with E-state index in [1.807, 2.05) is 0 Å². The molecule has 1 heterocycles. The molecule has 0 atom stereocenters. The minimum Gasteiger partial charge on any atom is -0.310 e. The molecule has 0 unspecified atom stereocenters. The number of anilines is 3. The van der Waals surface area contributed by atoms with Crippen molar-refractivity contribution in [2.45, 2.75) is 0 Å². The molecule has 13 aromatic rings. The van der Waals surface area contributed by atoms with Crippen LogP contribution in [-0.2, 0) is 0 Å². The minimum atomic E-state index is 1.07. The fraction of sp³-hybridized carbons (Fsp3) is 0. The summed E-state index contributed by atoms with van der Waals surface area (Å²) in [6.45, 7) is 0. The summed E-state index contributed by atoms with van der Waals surface area (Å²) in [6.07, 6.45) is 0. The molecule has 0 radical (unpaired) electrons. The highest BCUT2D eigenvalue weighted by Gasteiger charge is 2.21. The number of hydrogen-bond donors (Lipinski definition) is 0. The first-order valence-corrected chi connectivity index (χ1v) is 24.1. The van der Waals surface area contributed by atoms with Crippen LogP contribution in [0.4, 0.5) is 17.1 Å². The molecule has 0 fully saturated rings. The Bertz CT molecular complexity index is 4040. The van der Waals surface area contributed by atoms with Crippen molar-refractivity contribution in [1.82, 2.24) is 4.57 Å². The molecule has 0 N–H and O–H groups in total. The van der Waals surface area contributed by atoms with Crippen molar-refractivity contribution in [2.24, 2.45) is 0 Å². The van der Waals surface area contributed by atoms with Gasteiger partial charge in [-0.15, -0.1) is 0 Å². The SMILES string of the molecule is c1ccc(-c2cccc(-c3ccc(N(c4ccc(-c5c(-c6ccccc6)cccc5-n5c6ccccc6c6c7ccccc7ccc65)cc4)c4cccc(-c5ccc6ccccc6c5)c4)cc3)c2)cc1. The number of benzene rings is 12. The van der Waals surface area contributed by atoms with Crippen LogP contribution in [-0.4, -0.2) is 4.57 Å². The molecule has 0 saturated heterocycles. The van der Waals surface area contributed by atoms with Crippen molar-refractivity contribution in [3.8, 4) is 61.3 Å². The molecule has 328 valence electrons. The first kappa shape index (κ1) is 41.0. The van der Waals surface area contributed by atoms with E-state index in [0.29, 0.717) is 0 Å². The van der Waals surface area contributed by atoms with Gasteiger partial charge in [0.15, 0.2) is 0 Å². The summed E-state index contributed by atoms with van der Waals surface area (Å²) in [5, 5.41) is 7.50. The number of rotatable bonds is 9. The van der Waals surface area contributed by atoms with E-state index in [1.165, 1.54) is 93.4 Å². The van der Waals surface area contributed by atoms with Crippen molar-refractivity contribution in [3.05, 3.63) is 279 Å². The third kappa shape index (κ3) is 7.31. The van der Waals surface area contributed by atoms with Crippen LogP contribution < -0.4 is 4.90 Å². The topological polar surface area (TPSA) is 8.17 Å². The van der Waals surface area contributed by atoms with Crippen LogP contribution in [0.5, 0.6) is 0 Å². The molecule has 2 heteroatoms. The lowest BCUT2D eigenvalue weighted by Gasteiger charge is -2.27. The van der Waals surface area contributed by atoms with Gasteiger partial charge in [-0.05, 0) is 138 Å². The van der Waals surface area contributed by atoms with E-state index < -0.39 is 0 Å². The maximum atomic E-state index is 2.48. The molecule has 0 amide bonds. The average Bonchev–Trinajstić information content (AvgIpc) is 3.78. The van der Waals surface area contributed by atoms with Gasteiger partial charge in [0.1, 0.15) is 0 Å². The standard InChI is InChI=1S/C68H46N2/c1-3-16-47(17-4-1)54-23-13-24-55(44-54)49-34-39-58(40-35-49)69(60-26-14-25-56(46-60)57-33-32-48-18-7-8-22-53(48)45-57)59-41-36-52(37-42-59)67-61(50-19-5-2-6-20-50)29-15-31-65(67)70-64-30-12-11-28-63(64)68-62-27-10-9-21-51(62)38-43-66(68)70/h1-46H. The number of fused-ring (bicyclic) bond motifs is 6. The van der Waals surface area contributed by atoms with E-state index in [2.05, 4.69) is 289 Å². The zero-order valence-electron chi connectivity index (χ0n) is 38.5. The highest BCUT2D eigenvalue weighted by Crippen LogP contribution is 2.45. The van der Waals surface area contributed by atoms with E-state index in [-0.39, 0.29) is 0 Å².